The lowest BCUT2D eigenvalue weighted by Gasteiger charge is -2.18. The summed E-state index contributed by atoms with van der Waals surface area (Å²) >= 11 is 5.02. The Hall–Kier alpha value is -1.84. The minimum absolute atomic E-state index is 0.243. The van der Waals surface area contributed by atoms with Gasteiger partial charge in [0.2, 0.25) is 5.91 Å². The molecule has 0 radical (unpaired) electrons. The van der Waals surface area contributed by atoms with E-state index in [0.717, 1.165) is 31.9 Å². The number of halogens is 1. The number of nitrogens with zero attached hydrogens (tertiary/aromatic N) is 3. The van der Waals surface area contributed by atoms with Crippen LogP contribution in [-0.4, -0.2) is 64.2 Å². The Morgan fingerprint density at radius 1 is 1.27 bits per heavy atom. The molecule has 1 atom stereocenters. The van der Waals surface area contributed by atoms with E-state index in [-0.39, 0.29) is 11.8 Å². The summed E-state index contributed by atoms with van der Waals surface area (Å²) in [4.78, 5) is 27.8. The molecule has 0 aliphatic carbocycles. The van der Waals surface area contributed by atoms with Gasteiger partial charge in [0.25, 0.3) is 5.91 Å². The molecule has 164 valence electrons. The van der Waals surface area contributed by atoms with Crippen molar-refractivity contribution in [2.24, 2.45) is 0 Å². The van der Waals surface area contributed by atoms with Crippen molar-refractivity contribution in [3.05, 3.63) is 46.7 Å². The second kappa shape index (κ2) is 12.8. The number of aromatic nitrogens is 2. The van der Waals surface area contributed by atoms with Crippen LogP contribution in [0.1, 0.15) is 30.6 Å². The molecule has 1 heterocycles. The predicted octanol–water partition coefficient (Wildman–Crippen LogP) is 3.48. The van der Waals surface area contributed by atoms with Gasteiger partial charge in [0.15, 0.2) is 0 Å². The quantitative estimate of drug-likeness (QED) is 0.471. The second-order valence-electron chi connectivity index (χ2n) is 6.80. The third kappa shape index (κ3) is 7.45. The number of carbonyl (C=O) groups is 2. The average Bonchev–Trinajstić information content (AvgIpc) is 3.19. The molecule has 1 unspecified atom stereocenters. The largest absolute Gasteiger partial charge is 0.340 e. The molecular weight excluding hydrogens is 466 g/mol. The first-order valence-corrected chi connectivity index (χ1v) is 12.3. The van der Waals surface area contributed by atoms with E-state index in [2.05, 4.69) is 50.4 Å². The highest BCUT2D eigenvalue weighted by molar-refractivity contribution is 9.10. The molecular formula is C21H30BrN5O2S. The van der Waals surface area contributed by atoms with E-state index in [0.29, 0.717) is 22.1 Å². The maximum absolute atomic E-state index is 12.8. The maximum atomic E-state index is 12.8. The van der Waals surface area contributed by atoms with Gasteiger partial charge in [-0.2, -0.15) is 16.9 Å². The van der Waals surface area contributed by atoms with Crippen molar-refractivity contribution in [1.29, 1.82) is 0 Å². The van der Waals surface area contributed by atoms with E-state index in [1.54, 1.807) is 36.2 Å². The third-order valence-corrected chi connectivity index (χ3v) is 6.13. The van der Waals surface area contributed by atoms with Gasteiger partial charge in [-0.15, -0.1) is 0 Å². The summed E-state index contributed by atoms with van der Waals surface area (Å²) in [6, 6.07) is 6.54. The number of benzene rings is 1. The number of carbonyl (C=O) groups excluding carboxylic acids is 2. The molecule has 2 aromatic rings. The van der Waals surface area contributed by atoms with Crippen molar-refractivity contribution in [1.82, 2.24) is 20.0 Å². The zero-order valence-corrected chi connectivity index (χ0v) is 20.1. The van der Waals surface area contributed by atoms with Crippen molar-refractivity contribution in [3.8, 4) is 0 Å². The molecule has 0 spiro atoms. The van der Waals surface area contributed by atoms with Gasteiger partial charge in [-0.1, -0.05) is 26.0 Å². The number of amides is 2. The molecule has 0 aliphatic heterocycles. The van der Waals surface area contributed by atoms with Crippen molar-refractivity contribution in [2.75, 3.05) is 37.0 Å². The Bertz CT molecular complexity index is 825. The number of anilines is 1. The Kier molecular flexibility index (Phi) is 10.4. The zero-order valence-electron chi connectivity index (χ0n) is 17.7. The van der Waals surface area contributed by atoms with E-state index >= 15 is 0 Å². The smallest absolute Gasteiger partial charge is 0.253 e. The lowest BCUT2D eigenvalue weighted by atomic mass is 10.1. The summed E-state index contributed by atoms with van der Waals surface area (Å²) in [7, 11) is 0. The number of rotatable bonds is 12. The number of hydrogen-bond donors (Lipinski definition) is 2. The molecule has 0 saturated carbocycles. The summed E-state index contributed by atoms with van der Waals surface area (Å²) in [5, 5.41) is 10.1. The van der Waals surface area contributed by atoms with Crippen LogP contribution in [0.5, 0.6) is 0 Å². The van der Waals surface area contributed by atoms with Crippen molar-refractivity contribution in [3.63, 3.8) is 0 Å². The fourth-order valence-corrected chi connectivity index (χ4v) is 3.89. The molecule has 0 fully saturated rings. The lowest BCUT2D eigenvalue weighted by Crippen LogP contribution is -2.44. The van der Waals surface area contributed by atoms with Crippen LogP contribution in [0.15, 0.2) is 41.1 Å². The lowest BCUT2D eigenvalue weighted by molar-refractivity contribution is -0.118. The summed E-state index contributed by atoms with van der Waals surface area (Å²) in [5.74, 6) is 0.240. The van der Waals surface area contributed by atoms with E-state index in [1.807, 2.05) is 23.2 Å². The first kappa shape index (κ1) is 24.4. The third-order valence-electron chi connectivity index (χ3n) is 4.79. The highest BCUT2D eigenvalue weighted by atomic mass is 79.9. The molecule has 0 bridgehead atoms. The molecule has 9 heteroatoms. The summed E-state index contributed by atoms with van der Waals surface area (Å²) in [6.45, 7) is 7.92. The molecule has 30 heavy (non-hydrogen) atoms. The molecule has 1 aromatic carbocycles. The van der Waals surface area contributed by atoms with E-state index < -0.39 is 6.04 Å². The zero-order chi connectivity index (χ0) is 21.9. The second-order valence-corrected chi connectivity index (χ2v) is 8.64. The Labute approximate surface area is 191 Å². The summed E-state index contributed by atoms with van der Waals surface area (Å²) < 4.78 is 2.52. The number of thioether (sulfide) groups is 1. The number of hydrogen-bond acceptors (Lipinski definition) is 5. The van der Waals surface area contributed by atoms with E-state index in [1.165, 1.54) is 0 Å². The van der Waals surface area contributed by atoms with Crippen molar-refractivity contribution < 1.29 is 9.59 Å². The minimum Gasteiger partial charge on any atom is -0.340 e. The van der Waals surface area contributed by atoms with Crippen LogP contribution in [-0.2, 0) is 11.3 Å². The maximum Gasteiger partial charge on any atom is 0.253 e. The van der Waals surface area contributed by atoms with Crippen molar-refractivity contribution >= 4 is 45.2 Å². The average molecular weight is 496 g/mol. The summed E-state index contributed by atoms with van der Waals surface area (Å²) in [5.41, 5.74) is 1.13. The topological polar surface area (TPSA) is 79.3 Å². The SMILES string of the molecule is CCN(CC)CCn1cc(NC(=O)C(CCSC)NC(=O)c2ccccc2Br)cn1. The first-order valence-electron chi connectivity index (χ1n) is 10.1. The van der Waals surface area contributed by atoms with Crippen molar-refractivity contribution in [2.45, 2.75) is 32.9 Å². The number of nitrogens with one attached hydrogen (secondary N) is 2. The van der Waals surface area contributed by atoms with Crippen LogP contribution in [0.4, 0.5) is 5.69 Å². The van der Waals surface area contributed by atoms with Gasteiger partial charge in [0.1, 0.15) is 6.04 Å². The van der Waals surface area contributed by atoms with Crippen LogP contribution in [0, 0.1) is 0 Å². The molecule has 2 amide bonds. The molecule has 0 saturated heterocycles. The van der Waals surface area contributed by atoms with Crippen LogP contribution in [0.25, 0.3) is 0 Å². The van der Waals surface area contributed by atoms with Crippen LogP contribution >= 0.6 is 27.7 Å². The van der Waals surface area contributed by atoms with Gasteiger partial charge in [0, 0.05) is 17.2 Å². The van der Waals surface area contributed by atoms with E-state index in [4.69, 9.17) is 0 Å². The minimum atomic E-state index is -0.629. The molecule has 0 aliphatic rings. The van der Waals surface area contributed by atoms with Gasteiger partial charge < -0.3 is 15.5 Å². The van der Waals surface area contributed by atoms with Gasteiger partial charge in [0.05, 0.1) is 24.0 Å². The monoisotopic (exact) mass is 495 g/mol. The van der Waals surface area contributed by atoms with Gasteiger partial charge in [-0.05, 0) is 59.6 Å². The number of likely N-dealkylation sites (N-methyl/N-ethyl adjacent to an activating group) is 1. The first-order chi connectivity index (χ1) is 14.5. The Morgan fingerprint density at radius 2 is 2.00 bits per heavy atom. The highest BCUT2D eigenvalue weighted by Gasteiger charge is 2.22. The Morgan fingerprint density at radius 3 is 2.67 bits per heavy atom. The summed E-state index contributed by atoms with van der Waals surface area (Å²) in [6.07, 6.45) is 5.98. The molecule has 2 rings (SSSR count). The van der Waals surface area contributed by atoms with Gasteiger partial charge >= 0.3 is 0 Å². The van der Waals surface area contributed by atoms with Crippen LogP contribution in [0.2, 0.25) is 0 Å². The highest BCUT2D eigenvalue weighted by Crippen LogP contribution is 2.16. The molecule has 7 nitrogen and oxygen atoms in total. The fraction of sp³-hybridized carbons (Fsp3) is 0.476. The normalized spacial score (nSPS) is 12.0. The van der Waals surface area contributed by atoms with Crippen LogP contribution in [0.3, 0.4) is 0 Å². The molecule has 1 aromatic heterocycles. The fourth-order valence-electron chi connectivity index (χ4n) is 2.95. The van der Waals surface area contributed by atoms with E-state index in [9.17, 15) is 9.59 Å². The predicted molar refractivity (Wildman–Crippen MR) is 127 cm³/mol. The molecule has 2 N–H and O–H groups in total. The van der Waals surface area contributed by atoms with Gasteiger partial charge in [-0.3, -0.25) is 14.3 Å². The Balaban J connectivity index is 2.00. The van der Waals surface area contributed by atoms with Crippen LogP contribution < -0.4 is 10.6 Å². The standard InChI is InChI=1S/C21H30BrN5O2S/c1-4-26(5-2)11-12-27-15-16(14-23-27)24-21(29)19(10-13-30-3)25-20(28)17-8-6-7-9-18(17)22/h6-9,14-15,19H,4-5,10-13H2,1-3H3,(H,24,29)(H,25,28). The van der Waals surface area contributed by atoms with Gasteiger partial charge in [-0.25, -0.2) is 0 Å².